The molecule has 1 unspecified atom stereocenters. The minimum absolute atomic E-state index is 0.0150. The van der Waals surface area contributed by atoms with E-state index in [1.165, 1.54) is 0 Å². The quantitative estimate of drug-likeness (QED) is 0.618. The molecule has 0 bridgehead atoms. The van der Waals surface area contributed by atoms with E-state index in [9.17, 15) is 4.79 Å². The van der Waals surface area contributed by atoms with Crippen molar-refractivity contribution in [2.75, 3.05) is 0 Å². The SMILES string of the molecule is CCCCC(CC)OC(=O)OC(C)C. The van der Waals surface area contributed by atoms with Crippen molar-refractivity contribution in [3.8, 4) is 0 Å². The number of rotatable bonds is 6. The van der Waals surface area contributed by atoms with Gasteiger partial charge in [-0.25, -0.2) is 4.79 Å². The number of unbranched alkanes of at least 4 members (excludes halogenated alkanes) is 1. The summed E-state index contributed by atoms with van der Waals surface area (Å²) >= 11 is 0. The second-order valence-corrected chi connectivity index (χ2v) is 3.71. The van der Waals surface area contributed by atoms with Gasteiger partial charge in [-0.1, -0.05) is 26.7 Å². The van der Waals surface area contributed by atoms with Crippen LogP contribution in [0, 0.1) is 0 Å². The maximum atomic E-state index is 11.1. The summed E-state index contributed by atoms with van der Waals surface area (Å²) in [7, 11) is 0. The fourth-order valence-electron chi connectivity index (χ4n) is 1.13. The summed E-state index contributed by atoms with van der Waals surface area (Å²) < 4.78 is 10.1. The molecular weight excluding hydrogens is 180 g/mol. The Morgan fingerprint density at radius 3 is 2.29 bits per heavy atom. The van der Waals surface area contributed by atoms with Crippen molar-refractivity contribution in [2.24, 2.45) is 0 Å². The van der Waals surface area contributed by atoms with Crippen molar-refractivity contribution in [3.63, 3.8) is 0 Å². The average Bonchev–Trinajstić information content (AvgIpc) is 2.10. The van der Waals surface area contributed by atoms with E-state index in [0.29, 0.717) is 0 Å². The van der Waals surface area contributed by atoms with Crippen LogP contribution in [0.25, 0.3) is 0 Å². The predicted molar refractivity (Wildman–Crippen MR) is 56.3 cm³/mol. The fourth-order valence-corrected chi connectivity index (χ4v) is 1.13. The highest BCUT2D eigenvalue weighted by atomic mass is 16.7. The van der Waals surface area contributed by atoms with Crippen LogP contribution in [0.5, 0.6) is 0 Å². The number of hydrogen-bond donors (Lipinski definition) is 0. The molecule has 14 heavy (non-hydrogen) atoms. The van der Waals surface area contributed by atoms with Gasteiger partial charge in [0.15, 0.2) is 0 Å². The molecule has 3 nitrogen and oxygen atoms in total. The third-order valence-electron chi connectivity index (χ3n) is 1.93. The van der Waals surface area contributed by atoms with Gasteiger partial charge in [-0.3, -0.25) is 0 Å². The van der Waals surface area contributed by atoms with Crippen LogP contribution in [-0.2, 0) is 9.47 Å². The lowest BCUT2D eigenvalue weighted by Crippen LogP contribution is -2.20. The fraction of sp³-hybridized carbons (Fsp3) is 0.909. The molecule has 84 valence electrons. The standard InChI is InChI=1S/C11H22O3/c1-5-7-8-10(6-2)14-11(12)13-9(3)4/h9-10H,5-8H2,1-4H3. The Balaban J connectivity index is 3.74. The Morgan fingerprint density at radius 1 is 1.21 bits per heavy atom. The molecule has 0 amide bonds. The van der Waals surface area contributed by atoms with Crippen LogP contribution in [0.3, 0.4) is 0 Å². The Hall–Kier alpha value is -0.730. The highest BCUT2D eigenvalue weighted by Crippen LogP contribution is 2.10. The number of ether oxygens (including phenoxy) is 2. The van der Waals surface area contributed by atoms with Crippen LogP contribution >= 0.6 is 0 Å². The Bertz CT molecular complexity index is 155. The van der Waals surface area contributed by atoms with Gasteiger partial charge < -0.3 is 9.47 Å². The lowest BCUT2D eigenvalue weighted by molar-refractivity contribution is 0.00322. The third kappa shape index (κ3) is 6.75. The molecule has 0 fully saturated rings. The molecule has 0 aromatic rings. The average molecular weight is 202 g/mol. The van der Waals surface area contributed by atoms with E-state index in [2.05, 4.69) is 6.92 Å². The predicted octanol–water partition coefficient (Wildman–Crippen LogP) is 3.52. The van der Waals surface area contributed by atoms with Gasteiger partial charge in [0, 0.05) is 0 Å². The smallest absolute Gasteiger partial charge is 0.432 e. The van der Waals surface area contributed by atoms with Crippen LogP contribution in [0.15, 0.2) is 0 Å². The Morgan fingerprint density at radius 2 is 1.86 bits per heavy atom. The lowest BCUT2D eigenvalue weighted by atomic mass is 10.1. The molecule has 0 aliphatic rings. The van der Waals surface area contributed by atoms with E-state index in [1.807, 2.05) is 20.8 Å². The van der Waals surface area contributed by atoms with Gasteiger partial charge in [0.05, 0.1) is 6.10 Å². The topological polar surface area (TPSA) is 35.5 Å². The molecule has 0 saturated heterocycles. The Labute approximate surface area is 86.8 Å². The highest BCUT2D eigenvalue weighted by molar-refractivity contribution is 5.60. The van der Waals surface area contributed by atoms with E-state index in [0.717, 1.165) is 25.7 Å². The van der Waals surface area contributed by atoms with Crippen molar-refractivity contribution in [3.05, 3.63) is 0 Å². The molecule has 0 aliphatic carbocycles. The normalized spacial score (nSPS) is 12.6. The summed E-state index contributed by atoms with van der Waals surface area (Å²) in [6.07, 6.45) is 3.37. The van der Waals surface area contributed by atoms with Crippen molar-refractivity contribution in [1.82, 2.24) is 0 Å². The van der Waals surface area contributed by atoms with Crippen molar-refractivity contribution in [2.45, 2.75) is 65.6 Å². The number of carbonyl (C=O) groups excluding carboxylic acids is 1. The molecule has 3 heteroatoms. The number of carbonyl (C=O) groups is 1. The first-order valence-electron chi connectivity index (χ1n) is 5.47. The summed E-state index contributed by atoms with van der Waals surface area (Å²) in [4.78, 5) is 11.1. The van der Waals surface area contributed by atoms with Crippen LogP contribution in [0.1, 0.15) is 53.4 Å². The Kier molecular flexibility index (Phi) is 7.25. The van der Waals surface area contributed by atoms with Gasteiger partial charge in [-0.05, 0) is 26.7 Å². The zero-order valence-corrected chi connectivity index (χ0v) is 9.71. The molecular formula is C11H22O3. The van der Waals surface area contributed by atoms with E-state index < -0.39 is 6.16 Å². The molecule has 0 saturated carbocycles. The molecule has 0 aromatic carbocycles. The van der Waals surface area contributed by atoms with E-state index in [-0.39, 0.29) is 12.2 Å². The second-order valence-electron chi connectivity index (χ2n) is 3.71. The molecule has 0 heterocycles. The summed E-state index contributed by atoms with van der Waals surface area (Å²) in [6, 6.07) is 0. The minimum Gasteiger partial charge on any atom is -0.432 e. The molecule has 0 spiro atoms. The first kappa shape index (κ1) is 13.3. The maximum absolute atomic E-state index is 11.1. The first-order valence-corrected chi connectivity index (χ1v) is 5.47. The van der Waals surface area contributed by atoms with Gasteiger partial charge in [-0.2, -0.15) is 0 Å². The zero-order valence-electron chi connectivity index (χ0n) is 9.71. The van der Waals surface area contributed by atoms with Gasteiger partial charge in [-0.15, -0.1) is 0 Å². The molecule has 1 atom stereocenters. The zero-order chi connectivity index (χ0) is 11.0. The van der Waals surface area contributed by atoms with Crippen LogP contribution in [-0.4, -0.2) is 18.4 Å². The van der Waals surface area contributed by atoms with Crippen LogP contribution in [0.4, 0.5) is 4.79 Å². The largest absolute Gasteiger partial charge is 0.508 e. The molecule has 0 rings (SSSR count). The van der Waals surface area contributed by atoms with E-state index >= 15 is 0 Å². The molecule has 0 aliphatic heterocycles. The summed E-state index contributed by atoms with van der Waals surface area (Å²) in [5.41, 5.74) is 0. The van der Waals surface area contributed by atoms with Crippen molar-refractivity contribution >= 4 is 6.16 Å². The molecule has 0 radical (unpaired) electrons. The van der Waals surface area contributed by atoms with Gasteiger partial charge in [0.1, 0.15) is 6.10 Å². The molecule has 0 N–H and O–H groups in total. The van der Waals surface area contributed by atoms with E-state index in [4.69, 9.17) is 9.47 Å². The van der Waals surface area contributed by atoms with Gasteiger partial charge in [0.2, 0.25) is 0 Å². The van der Waals surface area contributed by atoms with Crippen LogP contribution < -0.4 is 0 Å². The minimum atomic E-state index is -0.539. The summed E-state index contributed by atoms with van der Waals surface area (Å²) in [6.45, 7) is 7.77. The monoisotopic (exact) mass is 202 g/mol. The first-order chi connectivity index (χ1) is 6.60. The third-order valence-corrected chi connectivity index (χ3v) is 1.93. The lowest BCUT2D eigenvalue weighted by Gasteiger charge is -2.16. The summed E-state index contributed by atoms with van der Waals surface area (Å²) in [5.74, 6) is 0. The van der Waals surface area contributed by atoms with Crippen molar-refractivity contribution in [1.29, 1.82) is 0 Å². The highest BCUT2D eigenvalue weighted by Gasteiger charge is 2.13. The second kappa shape index (κ2) is 7.65. The number of hydrogen-bond acceptors (Lipinski definition) is 3. The maximum Gasteiger partial charge on any atom is 0.508 e. The van der Waals surface area contributed by atoms with Gasteiger partial charge >= 0.3 is 6.16 Å². The van der Waals surface area contributed by atoms with E-state index in [1.54, 1.807) is 0 Å². The van der Waals surface area contributed by atoms with Crippen LogP contribution in [0.2, 0.25) is 0 Å². The molecule has 0 aromatic heterocycles. The summed E-state index contributed by atoms with van der Waals surface area (Å²) in [5, 5.41) is 0. The van der Waals surface area contributed by atoms with Crippen molar-refractivity contribution < 1.29 is 14.3 Å². The van der Waals surface area contributed by atoms with Gasteiger partial charge in [0.25, 0.3) is 0 Å².